The first kappa shape index (κ1) is 21.0. The number of esters is 1. The molecule has 7 nitrogen and oxygen atoms in total. The molecule has 1 aliphatic rings. The molecule has 27 heavy (non-hydrogen) atoms. The Labute approximate surface area is 161 Å². The number of carbonyl (C=O) groups is 3. The van der Waals surface area contributed by atoms with Gasteiger partial charge in [0.15, 0.2) is 15.0 Å². The molecule has 147 valence electrons. The third kappa shape index (κ3) is 5.32. The van der Waals surface area contributed by atoms with Gasteiger partial charge < -0.3 is 19.4 Å². The lowest BCUT2D eigenvalue weighted by Gasteiger charge is -2.48. The van der Waals surface area contributed by atoms with Gasteiger partial charge in [-0.1, -0.05) is 57.7 Å². The maximum absolute atomic E-state index is 12.6. The molecular weight excluding hydrogens is 364 g/mol. The van der Waals surface area contributed by atoms with Crippen LogP contribution in [0.25, 0.3) is 0 Å². The maximum atomic E-state index is 12.6. The second-order valence-corrected chi connectivity index (χ2v) is 10.1. The fraction of sp³-hybridized carbons (Fsp3) is 0.526. The summed E-state index contributed by atoms with van der Waals surface area (Å²) in [5.41, 5.74) is 0.875. The topological polar surface area (TPSA) is 84.9 Å². The molecule has 2 unspecified atom stereocenters. The van der Waals surface area contributed by atoms with Gasteiger partial charge in [0.2, 0.25) is 5.91 Å². The van der Waals surface area contributed by atoms with E-state index in [9.17, 15) is 14.4 Å². The monoisotopic (exact) mass is 391 g/mol. The van der Waals surface area contributed by atoms with Crippen molar-refractivity contribution in [3.05, 3.63) is 35.9 Å². The minimum Gasteiger partial charge on any atom is -0.467 e. The zero-order chi connectivity index (χ0) is 20.2. The molecule has 1 heterocycles. The van der Waals surface area contributed by atoms with Crippen molar-refractivity contribution >= 4 is 26.9 Å². The number of methoxy groups -OCH3 is 1. The largest absolute Gasteiger partial charge is 0.467 e. The summed E-state index contributed by atoms with van der Waals surface area (Å²) in [4.78, 5) is 36.9. The van der Waals surface area contributed by atoms with Crippen molar-refractivity contribution in [2.24, 2.45) is 5.41 Å². The standard InChI is InChI=1S/C19H27N2O5Si/c1-19(2,3)12-27(5)21-15(17(23)25-4)14(16(21)22)20-18(24)26-11-13-9-7-6-8-10-13/h6-10,14-15H,11-12H2,1-5H3,(H,20,24). The van der Waals surface area contributed by atoms with Gasteiger partial charge in [-0.3, -0.25) is 4.79 Å². The summed E-state index contributed by atoms with van der Waals surface area (Å²) < 4.78 is 11.6. The number of amides is 2. The smallest absolute Gasteiger partial charge is 0.408 e. The van der Waals surface area contributed by atoms with Crippen LogP contribution in [0.3, 0.4) is 0 Å². The number of benzene rings is 1. The van der Waals surface area contributed by atoms with Gasteiger partial charge in [-0.05, 0) is 17.0 Å². The van der Waals surface area contributed by atoms with Crippen molar-refractivity contribution in [3.8, 4) is 0 Å². The molecule has 1 radical (unpaired) electrons. The van der Waals surface area contributed by atoms with Gasteiger partial charge in [0, 0.05) is 0 Å². The highest BCUT2D eigenvalue weighted by Gasteiger charge is 2.55. The van der Waals surface area contributed by atoms with E-state index in [0.29, 0.717) is 0 Å². The Morgan fingerprint density at radius 3 is 2.41 bits per heavy atom. The summed E-state index contributed by atoms with van der Waals surface area (Å²) in [5.74, 6) is -0.788. The lowest BCUT2D eigenvalue weighted by molar-refractivity contribution is -0.161. The van der Waals surface area contributed by atoms with E-state index in [2.05, 4.69) is 26.1 Å². The van der Waals surface area contributed by atoms with Gasteiger partial charge in [0.1, 0.15) is 12.6 Å². The second kappa shape index (κ2) is 8.56. The van der Waals surface area contributed by atoms with Crippen LogP contribution in [0.1, 0.15) is 26.3 Å². The fourth-order valence-electron chi connectivity index (χ4n) is 3.16. The summed E-state index contributed by atoms with van der Waals surface area (Å²) in [5, 5.41) is 2.51. The van der Waals surface area contributed by atoms with Crippen LogP contribution < -0.4 is 5.32 Å². The van der Waals surface area contributed by atoms with Crippen LogP contribution in [0, 0.1) is 5.41 Å². The Bertz CT molecular complexity index is 689. The summed E-state index contributed by atoms with van der Waals surface area (Å²) in [6.07, 6.45) is -0.730. The number of carbonyl (C=O) groups excluding carboxylic acids is 3. The number of nitrogens with zero attached hydrogens (tertiary/aromatic N) is 1. The molecule has 2 rings (SSSR count). The Morgan fingerprint density at radius 1 is 1.22 bits per heavy atom. The molecule has 1 aromatic rings. The van der Waals surface area contributed by atoms with Gasteiger partial charge in [0.25, 0.3) is 0 Å². The van der Waals surface area contributed by atoms with Crippen LogP contribution in [0.15, 0.2) is 30.3 Å². The molecule has 1 N–H and O–H groups in total. The van der Waals surface area contributed by atoms with E-state index in [0.717, 1.165) is 11.6 Å². The van der Waals surface area contributed by atoms with Gasteiger partial charge in [0.05, 0.1) is 7.11 Å². The fourth-order valence-corrected chi connectivity index (χ4v) is 6.11. The van der Waals surface area contributed by atoms with Gasteiger partial charge in [-0.2, -0.15) is 0 Å². The Balaban J connectivity index is 1.99. The molecule has 1 fully saturated rings. The molecule has 0 bridgehead atoms. The van der Waals surface area contributed by atoms with E-state index in [1.807, 2.05) is 36.9 Å². The van der Waals surface area contributed by atoms with Crippen molar-refractivity contribution in [1.82, 2.24) is 9.88 Å². The highest BCUT2D eigenvalue weighted by molar-refractivity contribution is 6.59. The predicted molar refractivity (Wildman–Crippen MR) is 102 cm³/mol. The van der Waals surface area contributed by atoms with E-state index in [-0.39, 0.29) is 17.9 Å². The highest BCUT2D eigenvalue weighted by atomic mass is 28.3. The van der Waals surface area contributed by atoms with Gasteiger partial charge >= 0.3 is 12.1 Å². The summed E-state index contributed by atoms with van der Waals surface area (Å²) in [6, 6.07) is 8.30. The molecule has 2 atom stereocenters. The van der Waals surface area contributed by atoms with Crippen molar-refractivity contribution < 1.29 is 23.9 Å². The molecule has 8 heteroatoms. The van der Waals surface area contributed by atoms with Crippen molar-refractivity contribution in [3.63, 3.8) is 0 Å². The third-order valence-electron chi connectivity index (χ3n) is 4.22. The van der Waals surface area contributed by atoms with E-state index in [4.69, 9.17) is 9.47 Å². The number of alkyl carbamates (subject to hydrolysis) is 1. The zero-order valence-corrected chi connectivity index (χ0v) is 17.4. The van der Waals surface area contributed by atoms with E-state index in [1.54, 1.807) is 4.57 Å². The molecule has 1 saturated heterocycles. The number of ether oxygens (including phenoxy) is 2. The van der Waals surface area contributed by atoms with Gasteiger partial charge in [-0.25, -0.2) is 9.59 Å². The molecule has 1 aliphatic heterocycles. The summed E-state index contributed by atoms with van der Waals surface area (Å²) in [7, 11) is 0.00612. The van der Waals surface area contributed by atoms with Crippen molar-refractivity contribution in [1.29, 1.82) is 0 Å². The Kier molecular flexibility index (Phi) is 6.64. The van der Waals surface area contributed by atoms with Crippen LogP contribution in [0.2, 0.25) is 12.6 Å². The zero-order valence-electron chi connectivity index (χ0n) is 16.4. The molecule has 0 spiro atoms. The summed E-state index contributed by atoms with van der Waals surface area (Å²) >= 11 is 0. The van der Waals surface area contributed by atoms with E-state index >= 15 is 0 Å². The van der Waals surface area contributed by atoms with Crippen LogP contribution in [-0.4, -0.2) is 50.7 Å². The predicted octanol–water partition coefficient (Wildman–Crippen LogP) is 2.33. The number of rotatable bonds is 6. The van der Waals surface area contributed by atoms with Crippen LogP contribution in [0.5, 0.6) is 0 Å². The number of hydrogen-bond donors (Lipinski definition) is 1. The van der Waals surface area contributed by atoms with Crippen LogP contribution in [0.4, 0.5) is 4.79 Å². The lowest BCUT2D eigenvalue weighted by atomic mass is 9.99. The molecular formula is C19H27N2O5Si. The van der Waals surface area contributed by atoms with Crippen molar-refractivity contribution in [2.45, 2.75) is 52.1 Å². The highest BCUT2D eigenvalue weighted by Crippen LogP contribution is 2.30. The van der Waals surface area contributed by atoms with Gasteiger partial charge in [-0.15, -0.1) is 0 Å². The first-order valence-corrected chi connectivity index (χ1v) is 11.0. The minimum atomic E-state index is -1.27. The summed E-state index contributed by atoms with van der Waals surface area (Å²) in [6.45, 7) is 8.36. The molecule has 0 saturated carbocycles. The Hall–Kier alpha value is -2.35. The average molecular weight is 392 g/mol. The third-order valence-corrected chi connectivity index (χ3v) is 7.12. The lowest BCUT2D eigenvalue weighted by Crippen LogP contribution is -2.76. The van der Waals surface area contributed by atoms with Crippen LogP contribution in [-0.2, 0) is 25.7 Å². The molecule has 0 aromatic heterocycles. The first-order valence-electron chi connectivity index (χ1n) is 8.84. The van der Waals surface area contributed by atoms with E-state index in [1.165, 1.54) is 7.11 Å². The minimum absolute atomic E-state index is 0.0388. The number of hydrogen-bond acceptors (Lipinski definition) is 5. The maximum Gasteiger partial charge on any atom is 0.408 e. The molecule has 0 aliphatic carbocycles. The van der Waals surface area contributed by atoms with Crippen molar-refractivity contribution in [2.75, 3.05) is 7.11 Å². The first-order chi connectivity index (χ1) is 12.6. The Morgan fingerprint density at radius 2 is 1.85 bits per heavy atom. The molecule has 2 amide bonds. The second-order valence-electron chi connectivity index (χ2n) is 7.83. The van der Waals surface area contributed by atoms with Crippen LogP contribution >= 0.6 is 0 Å². The van der Waals surface area contributed by atoms with E-state index < -0.39 is 33.1 Å². The SMILES string of the molecule is COC(=O)C1C(NC(=O)OCc2ccccc2)C(=O)N1[Si](C)CC(C)(C)C. The average Bonchev–Trinajstić information content (AvgIpc) is 2.60. The normalized spacial score (nSPS) is 19.5. The quantitative estimate of drug-likeness (QED) is 0.457. The number of nitrogens with one attached hydrogen (secondary N) is 1. The number of β-lactam (4-membered cyclic amide) rings is 1. The molecule has 1 aromatic carbocycles.